The number of carboxylic acid groups (broad SMARTS) is 1. The number of nitrogens with one attached hydrogen (secondary N) is 1. The van der Waals surface area contributed by atoms with Gasteiger partial charge in [-0.2, -0.15) is 0 Å². The van der Waals surface area contributed by atoms with Gasteiger partial charge in [0.25, 0.3) is 0 Å². The van der Waals surface area contributed by atoms with Crippen molar-refractivity contribution < 1.29 is 19.1 Å². The second-order valence-electron chi connectivity index (χ2n) is 4.17. The van der Waals surface area contributed by atoms with E-state index in [-0.39, 0.29) is 31.2 Å². The van der Waals surface area contributed by atoms with Gasteiger partial charge in [0.15, 0.2) is 0 Å². The van der Waals surface area contributed by atoms with Crippen LogP contribution in [0.3, 0.4) is 0 Å². The summed E-state index contributed by atoms with van der Waals surface area (Å²) in [5, 5.41) is 11.5. The van der Waals surface area contributed by atoms with E-state index in [1.807, 2.05) is 0 Å². The molecular formula is C12H13FN2O3. The summed E-state index contributed by atoms with van der Waals surface area (Å²) in [6.07, 6.45) is 0. The van der Waals surface area contributed by atoms with Crippen molar-refractivity contribution in [3.63, 3.8) is 0 Å². The van der Waals surface area contributed by atoms with Crippen molar-refractivity contribution in [1.29, 1.82) is 0 Å². The zero-order chi connectivity index (χ0) is 13.1. The van der Waals surface area contributed by atoms with Crippen LogP contribution in [0, 0.1) is 11.7 Å². The lowest BCUT2D eigenvalue weighted by atomic mass is 10.1. The molecule has 0 spiro atoms. The Hall–Kier alpha value is -2.11. The molecule has 0 aliphatic carbocycles. The summed E-state index contributed by atoms with van der Waals surface area (Å²) < 4.78 is 13.6. The van der Waals surface area contributed by atoms with Gasteiger partial charge in [0.2, 0.25) is 5.91 Å². The van der Waals surface area contributed by atoms with E-state index >= 15 is 0 Å². The van der Waals surface area contributed by atoms with Gasteiger partial charge in [0, 0.05) is 13.1 Å². The highest BCUT2D eigenvalue weighted by molar-refractivity contribution is 5.83. The molecule has 1 aromatic carbocycles. The van der Waals surface area contributed by atoms with Crippen LogP contribution in [0.25, 0.3) is 0 Å². The molecule has 1 amide bonds. The van der Waals surface area contributed by atoms with Gasteiger partial charge >= 0.3 is 5.97 Å². The average Bonchev–Trinajstić information content (AvgIpc) is 2.52. The van der Waals surface area contributed by atoms with Crippen LogP contribution in [0.1, 0.15) is 0 Å². The number of halogens is 1. The number of rotatable bonds is 2. The minimum absolute atomic E-state index is 0.0370. The van der Waals surface area contributed by atoms with Crippen LogP contribution in [-0.4, -0.2) is 36.6 Å². The fraction of sp³-hybridized carbons (Fsp3) is 0.333. The van der Waals surface area contributed by atoms with E-state index in [0.717, 1.165) is 0 Å². The lowest BCUT2D eigenvalue weighted by Gasteiger charge is -2.23. The number of aliphatic carboxylic acids is 1. The maximum atomic E-state index is 13.6. The van der Waals surface area contributed by atoms with E-state index in [1.54, 1.807) is 12.1 Å². The molecule has 96 valence electrons. The Balaban J connectivity index is 2.27. The molecule has 1 saturated heterocycles. The Bertz CT molecular complexity index is 478. The van der Waals surface area contributed by atoms with E-state index in [0.29, 0.717) is 0 Å². The summed E-state index contributed by atoms with van der Waals surface area (Å²) in [7, 11) is 0. The molecule has 0 saturated carbocycles. The van der Waals surface area contributed by atoms with Crippen molar-refractivity contribution in [3.8, 4) is 0 Å². The number of carbonyl (C=O) groups is 2. The highest BCUT2D eigenvalue weighted by Crippen LogP contribution is 2.20. The van der Waals surface area contributed by atoms with E-state index in [2.05, 4.69) is 5.32 Å². The maximum Gasteiger partial charge on any atom is 0.310 e. The van der Waals surface area contributed by atoms with Gasteiger partial charge in [-0.25, -0.2) is 4.39 Å². The first-order chi connectivity index (χ1) is 8.58. The molecule has 2 N–H and O–H groups in total. The minimum atomic E-state index is -1.00. The molecule has 1 atom stereocenters. The average molecular weight is 252 g/mol. The molecule has 1 unspecified atom stereocenters. The summed E-state index contributed by atoms with van der Waals surface area (Å²) >= 11 is 0. The third-order valence-electron chi connectivity index (χ3n) is 2.86. The number of amides is 1. The Morgan fingerprint density at radius 3 is 2.83 bits per heavy atom. The molecule has 1 aliphatic heterocycles. The maximum absolute atomic E-state index is 13.6. The Morgan fingerprint density at radius 1 is 1.44 bits per heavy atom. The van der Waals surface area contributed by atoms with Crippen LogP contribution in [0.4, 0.5) is 10.1 Å². The van der Waals surface area contributed by atoms with Crippen LogP contribution >= 0.6 is 0 Å². The van der Waals surface area contributed by atoms with Gasteiger partial charge in [-0.3, -0.25) is 9.59 Å². The van der Waals surface area contributed by atoms with Crippen molar-refractivity contribution >= 4 is 17.6 Å². The summed E-state index contributed by atoms with van der Waals surface area (Å²) in [6, 6.07) is 6.02. The molecule has 2 rings (SSSR count). The molecule has 1 aromatic rings. The second-order valence-corrected chi connectivity index (χ2v) is 4.17. The first-order valence-corrected chi connectivity index (χ1v) is 5.57. The number of benzene rings is 1. The smallest absolute Gasteiger partial charge is 0.310 e. The van der Waals surface area contributed by atoms with Crippen LogP contribution in [0.15, 0.2) is 24.3 Å². The molecule has 6 heteroatoms. The predicted octanol–water partition coefficient (Wildman–Crippen LogP) is 0.463. The monoisotopic (exact) mass is 252 g/mol. The number of carboxylic acids is 1. The van der Waals surface area contributed by atoms with Gasteiger partial charge in [0.05, 0.1) is 18.2 Å². The van der Waals surface area contributed by atoms with Crippen molar-refractivity contribution in [2.24, 2.45) is 5.92 Å². The number of para-hydroxylation sites is 1. The Morgan fingerprint density at radius 2 is 2.17 bits per heavy atom. The number of anilines is 1. The topological polar surface area (TPSA) is 69.6 Å². The van der Waals surface area contributed by atoms with Gasteiger partial charge in [-0.1, -0.05) is 12.1 Å². The van der Waals surface area contributed by atoms with Gasteiger partial charge in [0.1, 0.15) is 5.82 Å². The zero-order valence-electron chi connectivity index (χ0n) is 9.60. The number of hydrogen-bond acceptors (Lipinski definition) is 3. The largest absolute Gasteiger partial charge is 0.481 e. The second kappa shape index (κ2) is 5.03. The highest BCUT2D eigenvalue weighted by atomic mass is 19.1. The third-order valence-corrected chi connectivity index (χ3v) is 2.86. The first kappa shape index (κ1) is 12.3. The fourth-order valence-electron chi connectivity index (χ4n) is 1.92. The molecule has 0 aromatic heterocycles. The van der Waals surface area contributed by atoms with Crippen molar-refractivity contribution in [2.75, 3.05) is 24.5 Å². The standard InChI is InChI=1S/C12H13FN2O3/c13-9-3-1-2-4-10(9)15-6-8(12(17)18)5-14-11(16)7-15/h1-4,8H,5-7H2,(H,14,16)(H,17,18). The quantitative estimate of drug-likeness (QED) is 0.802. The molecule has 5 nitrogen and oxygen atoms in total. The SMILES string of the molecule is O=C1CN(c2ccccc2F)CC(C(=O)O)CN1. The highest BCUT2D eigenvalue weighted by Gasteiger charge is 2.27. The lowest BCUT2D eigenvalue weighted by Crippen LogP contribution is -2.34. The van der Waals surface area contributed by atoms with Crippen LogP contribution in [0.2, 0.25) is 0 Å². The summed E-state index contributed by atoms with van der Waals surface area (Å²) in [6.45, 7) is 0.138. The Labute approximate surface area is 103 Å². The molecule has 1 heterocycles. The molecule has 18 heavy (non-hydrogen) atoms. The molecule has 1 aliphatic rings. The van der Waals surface area contributed by atoms with Crippen LogP contribution in [-0.2, 0) is 9.59 Å². The fourth-order valence-corrected chi connectivity index (χ4v) is 1.92. The third kappa shape index (κ3) is 2.58. The summed E-state index contributed by atoms with van der Waals surface area (Å²) in [4.78, 5) is 23.9. The van der Waals surface area contributed by atoms with Gasteiger partial charge in [-0.15, -0.1) is 0 Å². The first-order valence-electron chi connectivity index (χ1n) is 5.57. The van der Waals surface area contributed by atoms with E-state index < -0.39 is 17.7 Å². The van der Waals surface area contributed by atoms with Crippen molar-refractivity contribution in [3.05, 3.63) is 30.1 Å². The molecule has 0 bridgehead atoms. The van der Waals surface area contributed by atoms with Crippen LogP contribution in [0.5, 0.6) is 0 Å². The lowest BCUT2D eigenvalue weighted by molar-refractivity contribution is -0.141. The van der Waals surface area contributed by atoms with E-state index in [4.69, 9.17) is 5.11 Å². The van der Waals surface area contributed by atoms with Crippen molar-refractivity contribution in [2.45, 2.75) is 0 Å². The predicted molar refractivity (Wildman–Crippen MR) is 62.7 cm³/mol. The molecule has 1 fully saturated rings. The summed E-state index contributed by atoms with van der Waals surface area (Å²) in [5.41, 5.74) is 0.251. The summed E-state index contributed by atoms with van der Waals surface area (Å²) in [5.74, 6) is -2.51. The molecular weight excluding hydrogens is 239 g/mol. The number of carbonyl (C=O) groups excluding carboxylic acids is 1. The number of nitrogens with zero attached hydrogens (tertiary/aromatic N) is 1. The zero-order valence-corrected chi connectivity index (χ0v) is 9.60. The molecule has 0 radical (unpaired) electrons. The normalized spacial score (nSPS) is 20.2. The Kier molecular flexibility index (Phi) is 3.45. The van der Waals surface area contributed by atoms with Gasteiger partial charge < -0.3 is 15.3 Å². The van der Waals surface area contributed by atoms with Crippen LogP contribution < -0.4 is 10.2 Å². The van der Waals surface area contributed by atoms with E-state index in [1.165, 1.54) is 17.0 Å². The van der Waals surface area contributed by atoms with E-state index in [9.17, 15) is 14.0 Å². The minimum Gasteiger partial charge on any atom is -0.481 e. The van der Waals surface area contributed by atoms with Crippen molar-refractivity contribution in [1.82, 2.24) is 5.32 Å². The number of hydrogen-bond donors (Lipinski definition) is 2. The van der Waals surface area contributed by atoms with Gasteiger partial charge in [-0.05, 0) is 12.1 Å².